The lowest BCUT2D eigenvalue weighted by atomic mass is 9.93. The third-order valence-corrected chi connectivity index (χ3v) is 4.69. The van der Waals surface area contributed by atoms with E-state index in [0.29, 0.717) is 0 Å². The normalized spacial score (nSPS) is 21.3. The Hall–Kier alpha value is -1.85. The van der Waals surface area contributed by atoms with Gasteiger partial charge in [-0.05, 0) is 65.8 Å². The molecule has 3 rings (SSSR count). The van der Waals surface area contributed by atoms with E-state index in [4.69, 9.17) is 0 Å². The number of anilines is 1. The third kappa shape index (κ3) is 3.87. The number of hydrogen-bond donors (Lipinski definition) is 3. The van der Waals surface area contributed by atoms with Crippen molar-refractivity contribution >= 4 is 23.1 Å². The predicted octanol–water partition coefficient (Wildman–Crippen LogP) is 3.84. The Balaban J connectivity index is 1.58. The lowest BCUT2D eigenvalue weighted by molar-refractivity contribution is 0.118. The van der Waals surface area contributed by atoms with Crippen LogP contribution in [0.2, 0.25) is 0 Å². The van der Waals surface area contributed by atoms with Crippen molar-refractivity contribution in [3.8, 4) is 11.1 Å². The van der Waals surface area contributed by atoms with E-state index < -0.39 is 0 Å². The largest absolute Gasteiger partial charge is 0.393 e. The second kappa shape index (κ2) is 6.94. The number of carbonyl (C=O) groups is 1. The van der Waals surface area contributed by atoms with Gasteiger partial charge < -0.3 is 15.7 Å². The van der Waals surface area contributed by atoms with Crippen LogP contribution in [0.1, 0.15) is 25.7 Å². The summed E-state index contributed by atoms with van der Waals surface area (Å²) in [5.41, 5.74) is 3.05. The number of aliphatic hydroxyl groups is 1. The number of urea groups is 1. The van der Waals surface area contributed by atoms with Crippen LogP contribution in [0.3, 0.4) is 0 Å². The summed E-state index contributed by atoms with van der Waals surface area (Å²) >= 11 is 1.66. The van der Waals surface area contributed by atoms with Crippen LogP contribution in [0, 0.1) is 0 Å². The summed E-state index contributed by atoms with van der Waals surface area (Å²) in [5.74, 6) is 0. The fraction of sp³-hybridized carbons (Fsp3) is 0.353. The first-order valence-corrected chi connectivity index (χ1v) is 8.53. The van der Waals surface area contributed by atoms with Gasteiger partial charge in [0, 0.05) is 11.7 Å². The number of amides is 2. The summed E-state index contributed by atoms with van der Waals surface area (Å²) < 4.78 is 0. The van der Waals surface area contributed by atoms with Crippen LogP contribution in [-0.2, 0) is 0 Å². The molecule has 0 radical (unpaired) electrons. The molecule has 0 unspecified atom stereocenters. The molecule has 0 saturated heterocycles. The Labute approximate surface area is 134 Å². The molecule has 2 amide bonds. The molecule has 4 nitrogen and oxygen atoms in total. The van der Waals surface area contributed by atoms with Gasteiger partial charge in [-0.25, -0.2) is 4.79 Å². The molecule has 0 bridgehead atoms. The highest BCUT2D eigenvalue weighted by Crippen LogP contribution is 2.25. The molecule has 1 aromatic heterocycles. The standard InChI is InChI=1S/C17H20N2O2S/c20-16-6-4-14(5-7-16)18-17(21)19-15-3-1-2-12(10-15)13-8-9-22-11-13/h1-3,8-11,14,16,20H,4-7H2,(H2,18,19,21). The molecule has 22 heavy (non-hydrogen) atoms. The van der Waals surface area contributed by atoms with Crippen LogP contribution in [-0.4, -0.2) is 23.3 Å². The van der Waals surface area contributed by atoms with Crippen molar-refractivity contribution in [2.75, 3.05) is 5.32 Å². The van der Waals surface area contributed by atoms with E-state index in [-0.39, 0.29) is 18.2 Å². The zero-order valence-corrected chi connectivity index (χ0v) is 13.1. The Bertz CT molecular complexity index is 619. The predicted molar refractivity (Wildman–Crippen MR) is 90.2 cm³/mol. The molecule has 0 atom stereocenters. The molecule has 2 aromatic rings. The smallest absolute Gasteiger partial charge is 0.319 e. The molecule has 1 fully saturated rings. The minimum absolute atomic E-state index is 0.156. The molecule has 3 N–H and O–H groups in total. The highest BCUT2D eigenvalue weighted by Gasteiger charge is 2.20. The highest BCUT2D eigenvalue weighted by atomic mass is 32.1. The van der Waals surface area contributed by atoms with E-state index in [2.05, 4.69) is 22.1 Å². The second-order valence-electron chi connectivity index (χ2n) is 5.70. The Kier molecular flexibility index (Phi) is 4.75. The zero-order valence-electron chi connectivity index (χ0n) is 12.3. The molecule has 0 aliphatic heterocycles. The molecule has 1 aromatic carbocycles. The highest BCUT2D eigenvalue weighted by molar-refractivity contribution is 7.08. The van der Waals surface area contributed by atoms with Crippen LogP contribution in [0.15, 0.2) is 41.1 Å². The number of hydrogen-bond acceptors (Lipinski definition) is 3. The number of nitrogens with one attached hydrogen (secondary N) is 2. The van der Waals surface area contributed by atoms with Crippen LogP contribution >= 0.6 is 11.3 Å². The van der Waals surface area contributed by atoms with E-state index in [1.807, 2.05) is 29.6 Å². The van der Waals surface area contributed by atoms with Crippen LogP contribution in [0.4, 0.5) is 10.5 Å². The minimum Gasteiger partial charge on any atom is -0.393 e. The van der Waals surface area contributed by atoms with Gasteiger partial charge in [0.25, 0.3) is 0 Å². The summed E-state index contributed by atoms with van der Waals surface area (Å²) in [6, 6.07) is 9.89. The molecule has 5 heteroatoms. The molecule has 1 aliphatic carbocycles. The van der Waals surface area contributed by atoms with E-state index >= 15 is 0 Å². The molecule has 1 aliphatic rings. The lowest BCUT2D eigenvalue weighted by Gasteiger charge is -2.26. The van der Waals surface area contributed by atoms with Gasteiger partial charge in [0.2, 0.25) is 0 Å². The summed E-state index contributed by atoms with van der Waals surface area (Å²) in [7, 11) is 0. The van der Waals surface area contributed by atoms with Gasteiger partial charge >= 0.3 is 6.03 Å². The summed E-state index contributed by atoms with van der Waals surface area (Å²) in [4.78, 5) is 12.1. The molecule has 1 heterocycles. The van der Waals surface area contributed by atoms with Gasteiger partial charge in [-0.3, -0.25) is 0 Å². The average Bonchev–Trinajstić information content (AvgIpc) is 3.04. The number of rotatable bonds is 3. The van der Waals surface area contributed by atoms with Crippen molar-refractivity contribution in [1.82, 2.24) is 5.32 Å². The summed E-state index contributed by atoms with van der Waals surface area (Å²) in [6.07, 6.45) is 2.99. The second-order valence-corrected chi connectivity index (χ2v) is 6.48. The molecular weight excluding hydrogens is 296 g/mol. The fourth-order valence-corrected chi connectivity index (χ4v) is 3.44. The number of aliphatic hydroxyl groups excluding tert-OH is 1. The monoisotopic (exact) mass is 316 g/mol. The fourth-order valence-electron chi connectivity index (χ4n) is 2.78. The van der Waals surface area contributed by atoms with Crippen molar-refractivity contribution in [1.29, 1.82) is 0 Å². The topological polar surface area (TPSA) is 61.4 Å². The Morgan fingerprint density at radius 1 is 1.14 bits per heavy atom. The van der Waals surface area contributed by atoms with Crippen molar-refractivity contribution in [3.05, 3.63) is 41.1 Å². The van der Waals surface area contributed by atoms with Crippen molar-refractivity contribution < 1.29 is 9.90 Å². The SMILES string of the molecule is O=C(Nc1cccc(-c2ccsc2)c1)NC1CCC(O)CC1. The van der Waals surface area contributed by atoms with E-state index in [9.17, 15) is 9.90 Å². The maximum absolute atomic E-state index is 12.1. The van der Waals surface area contributed by atoms with E-state index in [1.165, 1.54) is 0 Å². The Morgan fingerprint density at radius 3 is 2.68 bits per heavy atom. The first-order chi connectivity index (χ1) is 10.7. The average molecular weight is 316 g/mol. The van der Waals surface area contributed by atoms with Crippen molar-refractivity contribution in [3.63, 3.8) is 0 Å². The third-order valence-electron chi connectivity index (χ3n) is 4.01. The minimum atomic E-state index is -0.205. The first-order valence-electron chi connectivity index (χ1n) is 7.59. The first kappa shape index (κ1) is 15.1. The van der Waals surface area contributed by atoms with Gasteiger partial charge in [-0.1, -0.05) is 12.1 Å². The van der Waals surface area contributed by atoms with E-state index in [1.54, 1.807) is 11.3 Å². The van der Waals surface area contributed by atoms with Crippen molar-refractivity contribution in [2.24, 2.45) is 0 Å². The number of carbonyl (C=O) groups excluding carboxylic acids is 1. The summed E-state index contributed by atoms with van der Waals surface area (Å²) in [6.45, 7) is 0. The Morgan fingerprint density at radius 2 is 1.95 bits per heavy atom. The maximum atomic E-state index is 12.1. The van der Waals surface area contributed by atoms with Crippen molar-refractivity contribution in [2.45, 2.75) is 37.8 Å². The van der Waals surface area contributed by atoms with Crippen LogP contribution in [0.25, 0.3) is 11.1 Å². The maximum Gasteiger partial charge on any atom is 0.319 e. The van der Waals surface area contributed by atoms with Gasteiger partial charge in [0.15, 0.2) is 0 Å². The molecule has 116 valence electrons. The zero-order chi connectivity index (χ0) is 15.4. The van der Waals surface area contributed by atoms with Crippen LogP contribution < -0.4 is 10.6 Å². The van der Waals surface area contributed by atoms with E-state index in [0.717, 1.165) is 42.5 Å². The number of thiophene rings is 1. The van der Waals surface area contributed by atoms with Crippen LogP contribution in [0.5, 0.6) is 0 Å². The van der Waals surface area contributed by atoms with Gasteiger partial charge in [-0.15, -0.1) is 0 Å². The van der Waals surface area contributed by atoms with Gasteiger partial charge in [-0.2, -0.15) is 11.3 Å². The lowest BCUT2D eigenvalue weighted by Crippen LogP contribution is -2.40. The summed E-state index contributed by atoms with van der Waals surface area (Å²) in [5, 5.41) is 19.5. The quantitative estimate of drug-likeness (QED) is 0.805. The van der Waals surface area contributed by atoms with Gasteiger partial charge in [0.05, 0.1) is 6.10 Å². The molecular formula is C17H20N2O2S. The molecule has 1 saturated carbocycles. The number of benzene rings is 1. The van der Waals surface area contributed by atoms with Gasteiger partial charge in [0.1, 0.15) is 0 Å². The molecule has 0 spiro atoms.